The highest BCUT2D eigenvalue weighted by Crippen LogP contribution is 2.26. The molecule has 0 saturated carbocycles. The average Bonchev–Trinajstić information content (AvgIpc) is 2.37. The van der Waals surface area contributed by atoms with E-state index >= 15 is 0 Å². The predicted octanol–water partition coefficient (Wildman–Crippen LogP) is 2.69. The molecule has 20 heavy (non-hydrogen) atoms. The van der Waals surface area contributed by atoms with Gasteiger partial charge in [-0.3, -0.25) is 0 Å². The van der Waals surface area contributed by atoms with Crippen LogP contribution in [0.1, 0.15) is 44.4 Å². The number of fused-ring (bicyclic) bond motifs is 1. The first-order chi connectivity index (χ1) is 9.48. The fourth-order valence-corrected chi connectivity index (χ4v) is 3.07. The van der Waals surface area contributed by atoms with E-state index in [-0.39, 0.29) is 6.10 Å². The van der Waals surface area contributed by atoms with Crippen LogP contribution >= 0.6 is 0 Å². The molecule has 1 aromatic carbocycles. The van der Waals surface area contributed by atoms with E-state index in [9.17, 15) is 5.11 Å². The molecule has 3 nitrogen and oxygen atoms in total. The minimum atomic E-state index is -0.650. The number of hydrogen-bond donors (Lipinski definition) is 2. The Balaban J connectivity index is 1.86. The first kappa shape index (κ1) is 15.5. The summed E-state index contributed by atoms with van der Waals surface area (Å²) in [5, 5.41) is 13.7. The highest BCUT2D eigenvalue weighted by molar-refractivity contribution is 5.31. The van der Waals surface area contributed by atoms with Crippen LogP contribution in [-0.2, 0) is 11.2 Å². The zero-order valence-corrected chi connectivity index (χ0v) is 12.9. The summed E-state index contributed by atoms with van der Waals surface area (Å²) >= 11 is 0. The Morgan fingerprint density at radius 3 is 2.90 bits per heavy atom. The van der Waals surface area contributed by atoms with Gasteiger partial charge >= 0.3 is 0 Å². The van der Waals surface area contributed by atoms with Gasteiger partial charge in [-0.2, -0.15) is 0 Å². The van der Waals surface area contributed by atoms with Crippen LogP contribution in [0.15, 0.2) is 24.3 Å². The third kappa shape index (κ3) is 4.30. The maximum Gasteiger partial charge on any atom is 0.0952 e. The summed E-state index contributed by atoms with van der Waals surface area (Å²) in [5.41, 5.74) is 2.02. The van der Waals surface area contributed by atoms with Gasteiger partial charge in [0.05, 0.1) is 18.3 Å². The lowest BCUT2D eigenvalue weighted by Gasteiger charge is -2.29. The summed E-state index contributed by atoms with van der Waals surface area (Å²) in [6.45, 7) is 8.31. The SMILES string of the molecule is CC(C)CC(C)(O)CNCC1OCCc2ccccc21. The Hall–Kier alpha value is -0.900. The van der Waals surface area contributed by atoms with Gasteiger partial charge in [0.1, 0.15) is 0 Å². The number of aliphatic hydroxyl groups is 1. The van der Waals surface area contributed by atoms with Crippen LogP contribution < -0.4 is 5.32 Å². The molecular formula is C17H27NO2. The fraction of sp³-hybridized carbons (Fsp3) is 0.647. The van der Waals surface area contributed by atoms with Crippen LogP contribution in [-0.4, -0.2) is 30.4 Å². The second-order valence-electron chi connectivity index (χ2n) is 6.53. The van der Waals surface area contributed by atoms with Gasteiger partial charge in [-0.05, 0) is 36.8 Å². The number of nitrogens with one attached hydrogen (secondary N) is 1. The molecule has 1 heterocycles. The molecule has 0 fully saturated rings. The lowest BCUT2D eigenvalue weighted by molar-refractivity contribution is 0.0198. The van der Waals surface area contributed by atoms with Crippen molar-refractivity contribution < 1.29 is 9.84 Å². The highest BCUT2D eigenvalue weighted by atomic mass is 16.5. The first-order valence-electron chi connectivity index (χ1n) is 7.60. The molecule has 0 spiro atoms. The maximum atomic E-state index is 10.3. The summed E-state index contributed by atoms with van der Waals surface area (Å²) in [7, 11) is 0. The summed E-state index contributed by atoms with van der Waals surface area (Å²) < 4.78 is 5.86. The summed E-state index contributed by atoms with van der Waals surface area (Å²) in [4.78, 5) is 0. The minimum Gasteiger partial charge on any atom is -0.389 e. The van der Waals surface area contributed by atoms with E-state index in [1.54, 1.807) is 0 Å². The van der Waals surface area contributed by atoms with Crippen molar-refractivity contribution in [3.05, 3.63) is 35.4 Å². The Morgan fingerprint density at radius 1 is 1.40 bits per heavy atom. The Bertz CT molecular complexity index is 429. The molecule has 1 aromatic rings. The molecule has 0 aliphatic carbocycles. The normalized spacial score (nSPS) is 21.6. The minimum absolute atomic E-state index is 0.106. The number of benzene rings is 1. The molecule has 2 rings (SSSR count). The van der Waals surface area contributed by atoms with E-state index in [4.69, 9.17) is 4.74 Å². The zero-order chi connectivity index (χ0) is 14.6. The molecule has 0 saturated heterocycles. The molecule has 112 valence electrons. The second kappa shape index (κ2) is 6.70. The Labute approximate surface area is 122 Å². The predicted molar refractivity (Wildman–Crippen MR) is 81.8 cm³/mol. The highest BCUT2D eigenvalue weighted by Gasteiger charge is 2.24. The second-order valence-corrected chi connectivity index (χ2v) is 6.53. The molecule has 1 aliphatic heterocycles. The standard InChI is InChI=1S/C17H27NO2/c1-13(2)10-17(3,19)12-18-11-16-15-7-5-4-6-14(15)8-9-20-16/h4-7,13,16,18-19H,8-12H2,1-3H3. The van der Waals surface area contributed by atoms with Crippen molar-refractivity contribution in [2.45, 2.75) is 45.3 Å². The molecule has 0 amide bonds. The third-order valence-corrected chi connectivity index (χ3v) is 3.78. The molecule has 0 radical (unpaired) electrons. The van der Waals surface area contributed by atoms with Crippen molar-refractivity contribution in [1.29, 1.82) is 0 Å². The van der Waals surface area contributed by atoms with Crippen LogP contribution in [0.3, 0.4) is 0 Å². The fourth-order valence-electron chi connectivity index (χ4n) is 3.07. The van der Waals surface area contributed by atoms with Gasteiger partial charge in [0.25, 0.3) is 0 Å². The van der Waals surface area contributed by atoms with Gasteiger partial charge in [0.15, 0.2) is 0 Å². The van der Waals surface area contributed by atoms with Crippen molar-refractivity contribution >= 4 is 0 Å². The summed E-state index contributed by atoms with van der Waals surface area (Å²) in [6, 6.07) is 8.48. The van der Waals surface area contributed by atoms with Crippen molar-refractivity contribution in [2.24, 2.45) is 5.92 Å². The summed E-state index contributed by atoms with van der Waals surface area (Å²) in [6.07, 6.45) is 1.91. The van der Waals surface area contributed by atoms with Crippen molar-refractivity contribution in [3.63, 3.8) is 0 Å². The lowest BCUT2D eigenvalue weighted by atomic mass is 9.94. The van der Waals surface area contributed by atoms with Gasteiger partial charge in [0.2, 0.25) is 0 Å². The van der Waals surface area contributed by atoms with Gasteiger partial charge in [0, 0.05) is 13.1 Å². The van der Waals surface area contributed by atoms with Crippen LogP contribution in [0.5, 0.6) is 0 Å². The van der Waals surface area contributed by atoms with E-state index in [2.05, 4.69) is 43.4 Å². The molecule has 0 bridgehead atoms. The lowest BCUT2D eigenvalue weighted by Crippen LogP contribution is -2.41. The summed E-state index contributed by atoms with van der Waals surface area (Å²) in [5.74, 6) is 0.499. The molecule has 2 unspecified atom stereocenters. The Morgan fingerprint density at radius 2 is 2.15 bits per heavy atom. The Kier molecular flexibility index (Phi) is 5.19. The maximum absolute atomic E-state index is 10.3. The van der Waals surface area contributed by atoms with Gasteiger partial charge in [-0.25, -0.2) is 0 Å². The van der Waals surface area contributed by atoms with Gasteiger partial charge in [-0.1, -0.05) is 38.1 Å². The van der Waals surface area contributed by atoms with Crippen molar-refractivity contribution in [2.75, 3.05) is 19.7 Å². The van der Waals surface area contributed by atoms with Crippen molar-refractivity contribution in [3.8, 4) is 0 Å². The van der Waals surface area contributed by atoms with E-state index < -0.39 is 5.60 Å². The van der Waals surface area contributed by atoms with Crippen LogP contribution in [0.25, 0.3) is 0 Å². The monoisotopic (exact) mass is 277 g/mol. The van der Waals surface area contributed by atoms with Gasteiger partial charge in [-0.15, -0.1) is 0 Å². The number of rotatable bonds is 6. The van der Waals surface area contributed by atoms with E-state index in [0.717, 1.165) is 26.0 Å². The molecular weight excluding hydrogens is 250 g/mol. The van der Waals surface area contributed by atoms with Gasteiger partial charge < -0.3 is 15.2 Å². The van der Waals surface area contributed by atoms with E-state index in [0.29, 0.717) is 12.5 Å². The number of ether oxygens (including phenoxy) is 1. The third-order valence-electron chi connectivity index (χ3n) is 3.78. The largest absolute Gasteiger partial charge is 0.389 e. The van der Waals surface area contributed by atoms with E-state index in [1.165, 1.54) is 11.1 Å². The molecule has 0 aromatic heterocycles. The molecule has 2 atom stereocenters. The quantitative estimate of drug-likeness (QED) is 0.840. The number of hydrogen-bond acceptors (Lipinski definition) is 3. The van der Waals surface area contributed by atoms with Crippen LogP contribution in [0.4, 0.5) is 0 Å². The van der Waals surface area contributed by atoms with Crippen molar-refractivity contribution in [1.82, 2.24) is 5.32 Å². The first-order valence-corrected chi connectivity index (χ1v) is 7.60. The zero-order valence-electron chi connectivity index (χ0n) is 12.9. The van der Waals surface area contributed by atoms with Crippen LogP contribution in [0.2, 0.25) is 0 Å². The smallest absolute Gasteiger partial charge is 0.0952 e. The molecule has 2 N–H and O–H groups in total. The molecule has 1 aliphatic rings. The van der Waals surface area contributed by atoms with E-state index in [1.807, 2.05) is 6.92 Å². The average molecular weight is 277 g/mol. The topological polar surface area (TPSA) is 41.5 Å². The molecule has 3 heteroatoms. The van der Waals surface area contributed by atoms with Crippen LogP contribution in [0, 0.1) is 5.92 Å².